The number of nitrogens with two attached hydrogens (primary N) is 1. The van der Waals surface area contributed by atoms with E-state index in [0.717, 1.165) is 25.7 Å². The van der Waals surface area contributed by atoms with E-state index < -0.39 is 0 Å². The van der Waals surface area contributed by atoms with Crippen LogP contribution in [0.15, 0.2) is 12.1 Å². The number of hydrogen-bond donors (Lipinski definition) is 3. The summed E-state index contributed by atoms with van der Waals surface area (Å²) in [5.74, 6) is 0.714. The number of hydrogen-bond acceptors (Lipinski definition) is 7. The largest absolute Gasteiger partial charge is 0.390 e. The molecule has 2 saturated heterocycles. The number of aryl methyl sites for hydroxylation is 1. The first-order valence-electron chi connectivity index (χ1n) is 10.7. The van der Waals surface area contributed by atoms with Crippen molar-refractivity contribution in [1.29, 1.82) is 0 Å². The summed E-state index contributed by atoms with van der Waals surface area (Å²) in [5.41, 5.74) is 9.81. The Kier molecular flexibility index (Phi) is 4.59. The van der Waals surface area contributed by atoms with Gasteiger partial charge >= 0.3 is 0 Å². The van der Waals surface area contributed by atoms with Gasteiger partial charge in [0.1, 0.15) is 22.1 Å². The third kappa shape index (κ3) is 2.85. The molecular formula is C21H22Cl2N8O. The molecule has 166 valence electrons. The van der Waals surface area contributed by atoms with Gasteiger partial charge in [0, 0.05) is 30.7 Å². The van der Waals surface area contributed by atoms with Crippen LogP contribution in [0.5, 0.6) is 0 Å². The normalized spacial score (nSPS) is 23.0. The van der Waals surface area contributed by atoms with Crippen LogP contribution >= 0.6 is 23.2 Å². The smallest absolute Gasteiger partial charge is 0.177 e. The SMILES string of the molecule is Cn1nc2ccc(-c3n[nH]c4nc(N5C6CCC5CC(N)C6)c(CO)nc34)c(Cl)c2c1Cl. The fraction of sp³-hybridized carbons (Fsp3) is 0.429. The van der Waals surface area contributed by atoms with E-state index >= 15 is 0 Å². The van der Waals surface area contributed by atoms with E-state index in [1.54, 1.807) is 11.7 Å². The van der Waals surface area contributed by atoms with Crippen LogP contribution in [0.25, 0.3) is 33.3 Å². The summed E-state index contributed by atoms with van der Waals surface area (Å²) in [4.78, 5) is 11.9. The fourth-order valence-corrected chi connectivity index (χ4v) is 5.94. The maximum absolute atomic E-state index is 10.1. The number of anilines is 1. The summed E-state index contributed by atoms with van der Waals surface area (Å²) in [7, 11) is 1.77. The second-order valence-corrected chi connectivity index (χ2v) is 9.42. The van der Waals surface area contributed by atoms with Crippen LogP contribution in [0, 0.1) is 0 Å². The highest BCUT2D eigenvalue weighted by Gasteiger charge is 2.41. The van der Waals surface area contributed by atoms with Crippen molar-refractivity contribution in [3.8, 4) is 11.3 Å². The number of fused-ring (bicyclic) bond motifs is 4. The van der Waals surface area contributed by atoms with Crippen LogP contribution in [0.1, 0.15) is 31.4 Å². The summed E-state index contributed by atoms with van der Waals surface area (Å²) in [6, 6.07) is 4.57. The summed E-state index contributed by atoms with van der Waals surface area (Å²) in [6.07, 6.45) is 4.02. The van der Waals surface area contributed by atoms with Crippen molar-refractivity contribution >= 4 is 51.1 Å². The maximum atomic E-state index is 10.1. The first kappa shape index (κ1) is 20.2. The fourth-order valence-electron chi connectivity index (χ4n) is 5.33. The lowest BCUT2D eigenvalue weighted by Gasteiger charge is -2.39. The highest BCUT2D eigenvalue weighted by atomic mass is 35.5. The summed E-state index contributed by atoms with van der Waals surface area (Å²) in [5, 5.41) is 23.6. The minimum atomic E-state index is -0.216. The van der Waals surface area contributed by atoms with E-state index in [0.29, 0.717) is 67.1 Å². The topological polar surface area (TPSA) is 122 Å². The van der Waals surface area contributed by atoms with Crippen molar-refractivity contribution in [1.82, 2.24) is 29.9 Å². The molecule has 4 N–H and O–H groups in total. The minimum Gasteiger partial charge on any atom is -0.390 e. The van der Waals surface area contributed by atoms with Crippen molar-refractivity contribution in [3.05, 3.63) is 28.0 Å². The van der Waals surface area contributed by atoms with Crippen LogP contribution in [-0.4, -0.2) is 53.2 Å². The molecule has 2 bridgehead atoms. The van der Waals surface area contributed by atoms with Crippen LogP contribution < -0.4 is 10.6 Å². The molecule has 2 atom stereocenters. The zero-order valence-corrected chi connectivity index (χ0v) is 18.9. The van der Waals surface area contributed by atoms with E-state index in [-0.39, 0.29) is 12.6 Å². The van der Waals surface area contributed by atoms with Crippen molar-refractivity contribution in [3.63, 3.8) is 0 Å². The number of H-pyrrole nitrogens is 1. The Morgan fingerprint density at radius 2 is 1.94 bits per heavy atom. The number of benzene rings is 1. The van der Waals surface area contributed by atoms with Gasteiger partial charge in [-0.3, -0.25) is 9.78 Å². The lowest BCUT2D eigenvalue weighted by Crippen LogP contribution is -2.48. The van der Waals surface area contributed by atoms with E-state index in [1.165, 1.54) is 0 Å². The van der Waals surface area contributed by atoms with Crippen LogP contribution in [0.2, 0.25) is 10.2 Å². The van der Waals surface area contributed by atoms with Gasteiger partial charge in [-0.1, -0.05) is 23.2 Å². The highest BCUT2D eigenvalue weighted by molar-refractivity contribution is 6.43. The van der Waals surface area contributed by atoms with Gasteiger partial charge in [0.15, 0.2) is 11.5 Å². The first-order valence-corrected chi connectivity index (χ1v) is 11.4. The molecule has 0 amide bonds. The molecule has 9 nitrogen and oxygen atoms in total. The number of aliphatic hydroxyl groups excluding tert-OH is 1. The van der Waals surface area contributed by atoms with Crippen LogP contribution in [-0.2, 0) is 13.7 Å². The summed E-state index contributed by atoms with van der Waals surface area (Å²) >= 11 is 13.1. The van der Waals surface area contributed by atoms with Gasteiger partial charge < -0.3 is 15.7 Å². The predicted octanol–water partition coefficient (Wildman–Crippen LogP) is 3.16. The molecule has 6 rings (SSSR count). The molecule has 2 aliphatic heterocycles. The van der Waals surface area contributed by atoms with Gasteiger partial charge in [0.25, 0.3) is 0 Å². The van der Waals surface area contributed by atoms with Gasteiger partial charge in [-0.2, -0.15) is 10.2 Å². The van der Waals surface area contributed by atoms with Crippen LogP contribution in [0.3, 0.4) is 0 Å². The van der Waals surface area contributed by atoms with Crippen molar-refractivity contribution in [2.24, 2.45) is 12.8 Å². The van der Waals surface area contributed by atoms with E-state index in [9.17, 15) is 5.11 Å². The maximum Gasteiger partial charge on any atom is 0.177 e. The standard InChI is InChI=1S/C21H22Cl2N8O/c1-30-19(23)15-13(29-30)5-4-12(16(15)22)17-18-20(28-27-17)26-21(14(8-32)25-18)31-10-2-3-11(31)7-9(24)6-10/h4-5,9-11,32H,2-3,6-8,24H2,1H3,(H,26,27,28). The van der Waals surface area contributed by atoms with Crippen molar-refractivity contribution in [2.75, 3.05) is 4.90 Å². The van der Waals surface area contributed by atoms with Gasteiger partial charge in [-0.15, -0.1) is 0 Å². The Labute approximate surface area is 193 Å². The molecule has 11 heteroatoms. The number of piperidine rings is 1. The molecule has 0 radical (unpaired) electrons. The molecule has 2 unspecified atom stereocenters. The third-order valence-corrected chi connectivity index (χ3v) is 7.56. The lowest BCUT2D eigenvalue weighted by atomic mass is 9.98. The van der Waals surface area contributed by atoms with Gasteiger partial charge in [-0.05, 0) is 37.8 Å². The second-order valence-electron chi connectivity index (χ2n) is 8.68. The molecule has 2 fully saturated rings. The average Bonchev–Trinajstić information content (AvgIpc) is 3.39. The Morgan fingerprint density at radius 3 is 2.66 bits per heavy atom. The van der Waals surface area contributed by atoms with Gasteiger partial charge in [0.05, 0.1) is 22.5 Å². The zero-order valence-electron chi connectivity index (χ0n) is 17.4. The average molecular weight is 473 g/mol. The quantitative estimate of drug-likeness (QED) is 0.418. The predicted molar refractivity (Wildman–Crippen MR) is 124 cm³/mol. The van der Waals surface area contributed by atoms with Crippen LogP contribution in [0.4, 0.5) is 5.82 Å². The van der Waals surface area contributed by atoms with E-state index in [2.05, 4.69) is 20.2 Å². The molecule has 0 aliphatic carbocycles. The molecule has 5 heterocycles. The number of rotatable bonds is 3. The molecule has 4 aromatic rings. The molecule has 1 aromatic carbocycles. The third-order valence-electron chi connectivity index (χ3n) is 6.73. The second kappa shape index (κ2) is 7.28. The Balaban J connectivity index is 1.50. The molecule has 0 spiro atoms. The first-order chi connectivity index (χ1) is 15.5. The summed E-state index contributed by atoms with van der Waals surface area (Å²) in [6.45, 7) is -0.216. The van der Waals surface area contributed by atoms with E-state index in [4.69, 9.17) is 38.9 Å². The van der Waals surface area contributed by atoms with Crippen molar-refractivity contribution in [2.45, 2.75) is 50.4 Å². The number of nitrogens with one attached hydrogen (secondary N) is 1. The Hall–Kier alpha value is -2.46. The highest BCUT2D eigenvalue weighted by Crippen LogP contribution is 2.41. The van der Waals surface area contributed by atoms with Crippen molar-refractivity contribution < 1.29 is 5.11 Å². The van der Waals surface area contributed by atoms with Gasteiger partial charge in [0.2, 0.25) is 0 Å². The van der Waals surface area contributed by atoms with E-state index in [1.807, 2.05) is 12.1 Å². The molecular weight excluding hydrogens is 451 g/mol. The lowest BCUT2D eigenvalue weighted by molar-refractivity contribution is 0.276. The Bertz CT molecular complexity index is 1350. The molecule has 2 aliphatic rings. The molecule has 3 aromatic heterocycles. The number of aromatic amines is 1. The van der Waals surface area contributed by atoms with Gasteiger partial charge in [-0.25, -0.2) is 9.97 Å². The number of nitrogens with zero attached hydrogens (tertiary/aromatic N) is 6. The number of halogens is 2. The number of aliphatic hydroxyl groups is 1. The number of aromatic nitrogens is 6. The molecule has 32 heavy (non-hydrogen) atoms. The molecule has 0 saturated carbocycles. The Morgan fingerprint density at radius 1 is 1.19 bits per heavy atom. The monoisotopic (exact) mass is 472 g/mol. The minimum absolute atomic E-state index is 0.216. The summed E-state index contributed by atoms with van der Waals surface area (Å²) < 4.78 is 1.58. The zero-order chi connectivity index (χ0) is 22.1.